The number of nitrogens with zero attached hydrogens (tertiary/aromatic N) is 3. The van der Waals surface area contributed by atoms with E-state index in [9.17, 15) is 4.79 Å². The second-order valence-corrected chi connectivity index (χ2v) is 7.63. The van der Waals surface area contributed by atoms with Crippen LogP contribution in [-0.2, 0) is 6.54 Å². The van der Waals surface area contributed by atoms with Crippen LogP contribution in [0.25, 0.3) is 26.9 Å². The summed E-state index contributed by atoms with van der Waals surface area (Å²) in [5, 5.41) is 8.13. The number of carbonyl (C=O) groups excluding carboxylic acids is 1. The van der Waals surface area contributed by atoms with Gasteiger partial charge in [0.15, 0.2) is 5.69 Å². The molecule has 1 heterocycles. The molecule has 0 atom stereocenters. The van der Waals surface area contributed by atoms with Crippen LogP contribution in [0.5, 0.6) is 5.75 Å². The molecular weight excluding hydrogens is 400 g/mol. The standard InChI is InChI=1S/C26H24N4O2/c1-4-13-32-24-15-19(11-12-23(24)18-7-6-10-22(14-18)27-2)26(31)30(3)17-21-9-5-8-20-16-28-29-25(20)21/h5-12,14-16H,4,13,17H2,1,3H3,(H,28,29). The molecule has 6 heteroatoms. The number of para-hydroxylation sites is 1. The molecule has 4 rings (SSSR count). The summed E-state index contributed by atoms with van der Waals surface area (Å²) in [5.41, 5.74) is 4.82. The van der Waals surface area contributed by atoms with Crippen LogP contribution in [0, 0.1) is 6.57 Å². The van der Waals surface area contributed by atoms with E-state index >= 15 is 0 Å². The SMILES string of the molecule is [C-]#[N+]c1cccc(-c2ccc(C(=O)N(C)Cc3cccc4cn[nH]c34)cc2OCCC)c1. The first-order valence-electron chi connectivity index (χ1n) is 10.5. The van der Waals surface area contributed by atoms with E-state index in [0.29, 0.717) is 30.2 Å². The van der Waals surface area contributed by atoms with Gasteiger partial charge in [0, 0.05) is 30.1 Å². The molecule has 0 saturated carbocycles. The molecule has 0 unspecified atom stereocenters. The highest BCUT2D eigenvalue weighted by Gasteiger charge is 2.17. The van der Waals surface area contributed by atoms with Gasteiger partial charge < -0.3 is 9.64 Å². The second kappa shape index (κ2) is 9.36. The van der Waals surface area contributed by atoms with Crippen LogP contribution in [-0.4, -0.2) is 34.7 Å². The number of amides is 1. The fourth-order valence-corrected chi connectivity index (χ4v) is 3.68. The maximum absolute atomic E-state index is 13.2. The zero-order valence-electron chi connectivity index (χ0n) is 18.1. The molecular formula is C26H24N4O2. The smallest absolute Gasteiger partial charge is 0.254 e. The summed E-state index contributed by atoms with van der Waals surface area (Å²) in [6.45, 7) is 10.3. The molecule has 1 aromatic heterocycles. The maximum atomic E-state index is 13.2. The lowest BCUT2D eigenvalue weighted by atomic mass is 10.0. The van der Waals surface area contributed by atoms with E-state index in [1.807, 2.05) is 55.5 Å². The number of aromatic nitrogens is 2. The Morgan fingerprint density at radius 1 is 1.16 bits per heavy atom. The van der Waals surface area contributed by atoms with Gasteiger partial charge in [-0.2, -0.15) is 5.10 Å². The van der Waals surface area contributed by atoms with Crippen LogP contribution in [0.2, 0.25) is 0 Å². The number of hydrogen-bond acceptors (Lipinski definition) is 3. The summed E-state index contributed by atoms with van der Waals surface area (Å²) in [4.78, 5) is 18.4. The van der Waals surface area contributed by atoms with Crippen LogP contribution < -0.4 is 4.74 Å². The second-order valence-electron chi connectivity index (χ2n) is 7.63. The van der Waals surface area contributed by atoms with E-state index in [4.69, 9.17) is 11.3 Å². The topological polar surface area (TPSA) is 62.6 Å². The van der Waals surface area contributed by atoms with E-state index in [0.717, 1.165) is 34.0 Å². The number of rotatable bonds is 7. The number of fused-ring (bicyclic) bond motifs is 1. The zero-order chi connectivity index (χ0) is 22.5. The number of nitrogens with one attached hydrogen (secondary N) is 1. The van der Waals surface area contributed by atoms with Crippen molar-refractivity contribution in [3.63, 3.8) is 0 Å². The zero-order valence-corrected chi connectivity index (χ0v) is 18.1. The van der Waals surface area contributed by atoms with Crippen molar-refractivity contribution in [3.05, 3.63) is 89.4 Å². The van der Waals surface area contributed by atoms with Crippen molar-refractivity contribution < 1.29 is 9.53 Å². The third-order valence-corrected chi connectivity index (χ3v) is 5.29. The quantitative estimate of drug-likeness (QED) is 0.379. The maximum Gasteiger partial charge on any atom is 0.254 e. The van der Waals surface area contributed by atoms with Gasteiger partial charge in [-0.1, -0.05) is 43.3 Å². The molecule has 6 nitrogen and oxygen atoms in total. The van der Waals surface area contributed by atoms with E-state index in [2.05, 4.69) is 15.0 Å². The van der Waals surface area contributed by atoms with Crippen LogP contribution in [0.3, 0.4) is 0 Å². The van der Waals surface area contributed by atoms with E-state index < -0.39 is 0 Å². The van der Waals surface area contributed by atoms with Gasteiger partial charge in [0.1, 0.15) is 5.75 Å². The molecule has 0 aliphatic rings. The minimum atomic E-state index is -0.0932. The molecule has 3 aromatic carbocycles. The van der Waals surface area contributed by atoms with Crippen molar-refractivity contribution in [2.75, 3.05) is 13.7 Å². The Morgan fingerprint density at radius 2 is 2.00 bits per heavy atom. The minimum Gasteiger partial charge on any atom is -0.493 e. The van der Waals surface area contributed by atoms with E-state index in [-0.39, 0.29) is 5.91 Å². The molecule has 4 aromatic rings. The Bertz CT molecular complexity index is 1300. The van der Waals surface area contributed by atoms with Crippen LogP contribution >= 0.6 is 0 Å². The van der Waals surface area contributed by atoms with Gasteiger partial charge in [0.25, 0.3) is 5.91 Å². The van der Waals surface area contributed by atoms with Crippen molar-refractivity contribution in [3.8, 4) is 16.9 Å². The Morgan fingerprint density at radius 3 is 2.81 bits per heavy atom. The van der Waals surface area contributed by atoms with Gasteiger partial charge in [-0.15, -0.1) is 0 Å². The molecule has 1 N–H and O–H groups in total. The molecule has 0 spiro atoms. The Hall–Kier alpha value is -4.11. The first-order valence-corrected chi connectivity index (χ1v) is 10.5. The normalized spacial score (nSPS) is 10.7. The molecule has 0 aliphatic carbocycles. The van der Waals surface area contributed by atoms with E-state index in [1.54, 1.807) is 30.3 Å². The lowest BCUT2D eigenvalue weighted by Crippen LogP contribution is -2.26. The summed E-state index contributed by atoms with van der Waals surface area (Å²) >= 11 is 0. The minimum absolute atomic E-state index is 0.0932. The third kappa shape index (κ3) is 4.33. The molecule has 0 fully saturated rings. The van der Waals surface area contributed by atoms with Crippen molar-refractivity contribution in [1.82, 2.24) is 15.1 Å². The first-order chi connectivity index (χ1) is 15.6. The van der Waals surface area contributed by atoms with Gasteiger partial charge in [0.05, 0.1) is 24.9 Å². The molecule has 160 valence electrons. The number of aromatic amines is 1. The number of H-pyrrole nitrogens is 1. The van der Waals surface area contributed by atoms with Crippen LogP contribution in [0.15, 0.2) is 66.9 Å². The van der Waals surface area contributed by atoms with Gasteiger partial charge in [-0.3, -0.25) is 9.89 Å². The highest BCUT2D eigenvalue weighted by atomic mass is 16.5. The van der Waals surface area contributed by atoms with E-state index in [1.165, 1.54) is 0 Å². The summed E-state index contributed by atoms with van der Waals surface area (Å²) in [7, 11) is 1.79. The lowest BCUT2D eigenvalue weighted by molar-refractivity contribution is 0.0785. The fraction of sp³-hybridized carbons (Fsp3) is 0.192. The summed E-state index contributed by atoms with van der Waals surface area (Å²) in [5.74, 6) is 0.549. The predicted molar refractivity (Wildman–Crippen MR) is 126 cm³/mol. The average molecular weight is 425 g/mol. The fourth-order valence-electron chi connectivity index (χ4n) is 3.68. The van der Waals surface area contributed by atoms with Crippen molar-refractivity contribution in [1.29, 1.82) is 0 Å². The summed E-state index contributed by atoms with van der Waals surface area (Å²) in [6.07, 6.45) is 2.63. The van der Waals surface area contributed by atoms with Gasteiger partial charge in [0.2, 0.25) is 0 Å². The highest BCUT2D eigenvalue weighted by Crippen LogP contribution is 2.33. The van der Waals surface area contributed by atoms with Crippen molar-refractivity contribution in [2.24, 2.45) is 0 Å². The Balaban J connectivity index is 1.63. The average Bonchev–Trinajstić information content (AvgIpc) is 3.32. The molecule has 0 radical (unpaired) electrons. The number of ether oxygens (including phenoxy) is 1. The highest BCUT2D eigenvalue weighted by molar-refractivity contribution is 5.96. The summed E-state index contributed by atoms with van der Waals surface area (Å²) < 4.78 is 5.99. The van der Waals surface area contributed by atoms with Crippen LogP contribution in [0.1, 0.15) is 29.3 Å². The predicted octanol–water partition coefficient (Wildman–Crippen LogP) is 5.84. The van der Waals surface area contributed by atoms with Crippen molar-refractivity contribution in [2.45, 2.75) is 19.9 Å². The van der Waals surface area contributed by atoms with Gasteiger partial charge >= 0.3 is 0 Å². The first kappa shape index (κ1) is 21.1. The van der Waals surface area contributed by atoms with Gasteiger partial charge in [-0.25, -0.2) is 4.85 Å². The molecule has 0 aliphatic heterocycles. The number of carbonyl (C=O) groups is 1. The largest absolute Gasteiger partial charge is 0.493 e. The summed E-state index contributed by atoms with van der Waals surface area (Å²) in [6, 6.07) is 18.9. The van der Waals surface area contributed by atoms with Gasteiger partial charge in [-0.05, 0) is 41.8 Å². The Labute approximate surface area is 187 Å². The van der Waals surface area contributed by atoms with Crippen molar-refractivity contribution >= 4 is 22.5 Å². The third-order valence-electron chi connectivity index (χ3n) is 5.29. The number of benzene rings is 3. The molecule has 32 heavy (non-hydrogen) atoms. The molecule has 1 amide bonds. The molecule has 0 saturated heterocycles. The van der Waals surface area contributed by atoms with Crippen LogP contribution in [0.4, 0.5) is 5.69 Å². The number of hydrogen-bond donors (Lipinski definition) is 1. The Kier molecular flexibility index (Phi) is 6.18. The molecule has 0 bridgehead atoms. The lowest BCUT2D eigenvalue weighted by Gasteiger charge is -2.19. The monoisotopic (exact) mass is 424 g/mol.